The molecule has 36 heavy (non-hydrogen) atoms. The molecule has 1 fully saturated rings. The molecular formula is C30H24ClNO4. The summed E-state index contributed by atoms with van der Waals surface area (Å²) in [5.41, 5.74) is 3.32. The van der Waals surface area contributed by atoms with Gasteiger partial charge in [-0.15, -0.1) is 0 Å². The molecule has 0 aromatic heterocycles. The van der Waals surface area contributed by atoms with Crippen LogP contribution in [0.25, 0.3) is 16.5 Å². The van der Waals surface area contributed by atoms with Crippen LogP contribution in [0.4, 0.5) is 5.69 Å². The van der Waals surface area contributed by atoms with E-state index >= 15 is 0 Å². The van der Waals surface area contributed by atoms with Gasteiger partial charge >= 0.3 is 0 Å². The number of carbonyl (C=O) groups excluding carboxylic acids is 2. The highest BCUT2D eigenvalue weighted by atomic mass is 35.5. The topological polar surface area (TPSA) is 66.8 Å². The van der Waals surface area contributed by atoms with Gasteiger partial charge in [-0.3, -0.25) is 14.5 Å². The van der Waals surface area contributed by atoms with E-state index < -0.39 is 17.7 Å². The van der Waals surface area contributed by atoms with E-state index in [0.717, 1.165) is 27.5 Å². The molecule has 5 rings (SSSR count). The van der Waals surface area contributed by atoms with Crippen molar-refractivity contribution in [2.75, 3.05) is 12.0 Å². The van der Waals surface area contributed by atoms with Gasteiger partial charge in [-0.1, -0.05) is 60.1 Å². The van der Waals surface area contributed by atoms with Gasteiger partial charge in [-0.05, 0) is 71.6 Å². The number of benzene rings is 4. The number of ether oxygens (including phenoxy) is 1. The average Bonchev–Trinajstić information content (AvgIpc) is 3.13. The number of anilines is 1. The first-order valence-corrected chi connectivity index (χ1v) is 11.9. The van der Waals surface area contributed by atoms with Gasteiger partial charge in [0.2, 0.25) is 0 Å². The Labute approximate surface area is 214 Å². The lowest BCUT2D eigenvalue weighted by atomic mass is 9.90. The number of carbonyl (C=O) groups is 2. The summed E-state index contributed by atoms with van der Waals surface area (Å²) in [6, 6.07) is 23.1. The van der Waals surface area contributed by atoms with E-state index in [1.165, 1.54) is 12.0 Å². The van der Waals surface area contributed by atoms with E-state index in [1.54, 1.807) is 30.3 Å². The molecule has 4 aromatic carbocycles. The fraction of sp³-hybridized carbons (Fsp3) is 0.133. The number of aliphatic hydroxyl groups excluding tert-OH is 1. The monoisotopic (exact) mass is 497 g/mol. The fourth-order valence-electron chi connectivity index (χ4n) is 5.03. The third kappa shape index (κ3) is 3.82. The van der Waals surface area contributed by atoms with Crippen molar-refractivity contribution in [1.82, 2.24) is 0 Å². The predicted octanol–water partition coefficient (Wildman–Crippen LogP) is 6.74. The highest BCUT2D eigenvalue weighted by molar-refractivity contribution is 6.52. The second-order valence-corrected chi connectivity index (χ2v) is 9.31. The van der Waals surface area contributed by atoms with Gasteiger partial charge in [0, 0.05) is 10.7 Å². The minimum atomic E-state index is -0.859. The Morgan fingerprint density at radius 1 is 0.944 bits per heavy atom. The molecule has 1 atom stereocenters. The van der Waals surface area contributed by atoms with E-state index in [1.807, 2.05) is 62.4 Å². The number of aliphatic hydroxyl groups is 1. The number of halogens is 1. The summed E-state index contributed by atoms with van der Waals surface area (Å²) in [7, 11) is 1.52. The number of fused-ring (bicyclic) bond motifs is 1. The number of hydrogen-bond acceptors (Lipinski definition) is 4. The maximum Gasteiger partial charge on any atom is 0.300 e. The zero-order chi connectivity index (χ0) is 25.6. The zero-order valence-corrected chi connectivity index (χ0v) is 20.8. The number of methoxy groups -OCH3 is 1. The van der Waals surface area contributed by atoms with Crippen molar-refractivity contribution in [2.24, 2.45) is 0 Å². The van der Waals surface area contributed by atoms with Gasteiger partial charge in [0.05, 0.1) is 24.3 Å². The second-order valence-electron chi connectivity index (χ2n) is 8.88. The average molecular weight is 498 g/mol. The Morgan fingerprint density at radius 3 is 2.36 bits per heavy atom. The smallest absolute Gasteiger partial charge is 0.300 e. The maximum absolute atomic E-state index is 13.6. The van der Waals surface area contributed by atoms with E-state index in [9.17, 15) is 14.7 Å². The van der Waals surface area contributed by atoms with E-state index in [0.29, 0.717) is 22.0 Å². The largest absolute Gasteiger partial charge is 0.507 e. The highest BCUT2D eigenvalue weighted by Gasteiger charge is 2.47. The van der Waals surface area contributed by atoms with Gasteiger partial charge in [0.1, 0.15) is 11.5 Å². The SMILES string of the molecule is COc1c(C)cc(C)cc1/C(O)=C1\C(=O)C(=O)N(c2ccc(Cl)cc2)C1c1cccc2ccccc12. The molecule has 4 aromatic rings. The molecule has 1 unspecified atom stereocenters. The predicted molar refractivity (Wildman–Crippen MR) is 143 cm³/mol. The van der Waals surface area contributed by atoms with Gasteiger partial charge in [-0.2, -0.15) is 0 Å². The molecule has 0 saturated carbocycles. The first kappa shape index (κ1) is 23.6. The van der Waals surface area contributed by atoms with Crippen molar-refractivity contribution in [1.29, 1.82) is 0 Å². The fourth-order valence-corrected chi connectivity index (χ4v) is 5.16. The molecule has 5 nitrogen and oxygen atoms in total. The summed E-state index contributed by atoms with van der Waals surface area (Å²) >= 11 is 6.10. The van der Waals surface area contributed by atoms with Crippen LogP contribution in [0.2, 0.25) is 5.02 Å². The summed E-state index contributed by atoms with van der Waals surface area (Å²) < 4.78 is 5.59. The number of hydrogen-bond donors (Lipinski definition) is 1. The standard InChI is InChI=1S/C30H24ClNO4/c1-17-15-18(2)29(36-3)24(16-17)27(33)25-26(23-10-6-8-19-7-4-5-9-22(19)23)32(30(35)28(25)34)21-13-11-20(31)12-14-21/h4-16,26,33H,1-3H3/b27-25+. The van der Waals surface area contributed by atoms with Crippen molar-refractivity contribution in [2.45, 2.75) is 19.9 Å². The van der Waals surface area contributed by atoms with Crippen LogP contribution in [-0.4, -0.2) is 23.9 Å². The quantitative estimate of drug-likeness (QED) is 0.192. The molecular weight excluding hydrogens is 474 g/mol. The summed E-state index contributed by atoms with van der Waals surface area (Å²) in [5.74, 6) is -1.30. The molecule has 1 amide bonds. The minimum absolute atomic E-state index is 0.00889. The first-order chi connectivity index (χ1) is 17.3. The number of nitrogens with zero attached hydrogens (tertiary/aromatic N) is 1. The van der Waals surface area contributed by atoms with E-state index in [2.05, 4.69) is 0 Å². The van der Waals surface area contributed by atoms with Gasteiger partial charge in [0.25, 0.3) is 11.7 Å². The molecule has 0 aliphatic carbocycles. The molecule has 0 spiro atoms. The van der Waals surface area contributed by atoms with Crippen LogP contribution in [0.1, 0.15) is 28.3 Å². The Hall–Kier alpha value is -4.09. The van der Waals surface area contributed by atoms with Gasteiger partial charge in [0.15, 0.2) is 0 Å². The molecule has 1 heterocycles. The summed E-state index contributed by atoms with van der Waals surface area (Å²) in [6.45, 7) is 3.77. The van der Waals surface area contributed by atoms with Crippen LogP contribution in [0, 0.1) is 13.8 Å². The van der Waals surface area contributed by atoms with Crippen molar-refractivity contribution >= 4 is 45.5 Å². The number of Topliss-reactive ketones (excluding diaryl/α,β-unsaturated/α-hetero) is 1. The van der Waals surface area contributed by atoms with Gasteiger partial charge < -0.3 is 9.84 Å². The highest BCUT2D eigenvalue weighted by Crippen LogP contribution is 2.45. The van der Waals surface area contributed by atoms with Crippen molar-refractivity contribution in [3.05, 3.63) is 112 Å². The van der Waals surface area contributed by atoms with Crippen LogP contribution in [-0.2, 0) is 9.59 Å². The number of aryl methyl sites for hydroxylation is 2. The number of rotatable bonds is 4. The lowest BCUT2D eigenvalue weighted by Crippen LogP contribution is -2.29. The normalized spacial score (nSPS) is 17.1. The Bertz CT molecular complexity index is 1550. The molecule has 1 N–H and O–H groups in total. The van der Waals surface area contributed by atoms with Crippen molar-refractivity contribution in [3.8, 4) is 5.75 Å². The van der Waals surface area contributed by atoms with E-state index in [4.69, 9.17) is 16.3 Å². The molecule has 6 heteroatoms. The summed E-state index contributed by atoms with van der Waals surface area (Å²) in [5, 5.41) is 14.0. The van der Waals surface area contributed by atoms with Crippen LogP contribution in [0.15, 0.2) is 84.4 Å². The third-order valence-corrected chi connectivity index (χ3v) is 6.80. The molecule has 1 aliphatic rings. The second kappa shape index (κ2) is 9.17. The van der Waals surface area contributed by atoms with Crippen LogP contribution in [0.3, 0.4) is 0 Å². The summed E-state index contributed by atoms with van der Waals surface area (Å²) in [6.07, 6.45) is 0. The first-order valence-electron chi connectivity index (χ1n) is 11.5. The van der Waals surface area contributed by atoms with Crippen molar-refractivity contribution < 1.29 is 19.4 Å². The van der Waals surface area contributed by atoms with Crippen LogP contribution >= 0.6 is 11.6 Å². The zero-order valence-electron chi connectivity index (χ0n) is 20.1. The van der Waals surface area contributed by atoms with Crippen LogP contribution < -0.4 is 9.64 Å². The Balaban J connectivity index is 1.84. The van der Waals surface area contributed by atoms with E-state index in [-0.39, 0.29) is 11.3 Å². The lowest BCUT2D eigenvalue weighted by molar-refractivity contribution is -0.132. The third-order valence-electron chi connectivity index (χ3n) is 6.55. The number of amides is 1. The lowest BCUT2D eigenvalue weighted by Gasteiger charge is -2.27. The molecule has 1 saturated heterocycles. The summed E-state index contributed by atoms with van der Waals surface area (Å²) in [4.78, 5) is 28.5. The number of ketones is 1. The Morgan fingerprint density at radius 2 is 1.64 bits per heavy atom. The molecule has 1 aliphatic heterocycles. The molecule has 0 radical (unpaired) electrons. The van der Waals surface area contributed by atoms with Crippen molar-refractivity contribution in [3.63, 3.8) is 0 Å². The molecule has 180 valence electrons. The maximum atomic E-state index is 13.6. The van der Waals surface area contributed by atoms with Gasteiger partial charge in [-0.25, -0.2) is 0 Å². The minimum Gasteiger partial charge on any atom is -0.507 e. The molecule has 0 bridgehead atoms. The van der Waals surface area contributed by atoms with Crippen LogP contribution in [0.5, 0.6) is 5.75 Å². The Kier molecular flexibility index (Phi) is 6.02.